The largest absolute Gasteiger partial charge is 0.343 e. The van der Waals surface area contributed by atoms with Crippen molar-refractivity contribution in [3.8, 4) is 0 Å². The number of fused-ring (bicyclic) bond motifs is 1. The van der Waals surface area contributed by atoms with Crippen molar-refractivity contribution in [1.29, 1.82) is 0 Å². The van der Waals surface area contributed by atoms with Crippen LogP contribution in [0.5, 0.6) is 0 Å². The number of para-hydroxylation sites is 1. The van der Waals surface area contributed by atoms with Crippen molar-refractivity contribution in [2.75, 3.05) is 18.4 Å². The molecule has 112 valence electrons. The number of thioether (sulfide) groups is 1. The van der Waals surface area contributed by atoms with Gasteiger partial charge in [-0.2, -0.15) is 0 Å². The molecule has 4 nitrogen and oxygen atoms in total. The Morgan fingerprint density at radius 1 is 1.19 bits per heavy atom. The number of hydrogen-bond acceptors (Lipinski definition) is 3. The van der Waals surface area contributed by atoms with Gasteiger partial charge in [0.2, 0.25) is 11.8 Å². The number of carbonyl (C=O) groups is 2. The summed E-state index contributed by atoms with van der Waals surface area (Å²) < 4.78 is 0. The van der Waals surface area contributed by atoms with Gasteiger partial charge in [-0.3, -0.25) is 9.59 Å². The van der Waals surface area contributed by atoms with Gasteiger partial charge in [-0.05, 0) is 25.0 Å². The fourth-order valence-electron chi connectivity index (χ4n) is 2.83. The molecule has 1 N–H and O–H groups in total. The van der Waals surface area contributed by atoms with Crippen molar-refractivity contribution in [2.24, 2.45) is 0 Å². The van der Waals surface area contributed by atoms with Crippen molar-refractivity contribution in [3.05, 3.63) is 24.3 Å². The zero-order chi connectivity index (χ0) is 14.7. The van der Waals surface area contributed by atoms with Crippen molar-refractivity contribution in [1.82, 2.24) is 4.90 Å². The number of hydrogen-bond donors (Lipinski definition) is 1. The van der Waals surface area contributed by atoms with E-state index < -0.39 is 0 Å². The lowest BCUT2D eigenvalue weighted by Gasteiger charge is -2.26. The third kappa shape index (κ3) is 3.40. The van der Waals surface area contributed by atoms with Crippen LogP contribution in [0.3, 0.4) is 0 Å². The first-order valence-corrected chi connectivity index (χ1v) is 8.46. The highest BCUT2D eigenvalue weighted by molar-refractivity contribution is 8.01. The Kier molecular flexibility index (Phi) is 4.48. The smallest absolute Gasteiger partial charge is 0.238 e. The maximum atomic E-state index is 12.4. The van der Waals surface area contributed by atoms with Gasteiger partial charge in [0.25, 0.3) is 0 Å². The highest BCUT2D eigenvalue weighted by Crippen LogP contribution is 2.36. The SMILES string of the molecule is O=C1Nc2ccccc2S[C@H]1CC(=O)N1CCCCCC1. The molecule has 0 unspecified atom stereocenters. The summed E-state index contributed by atoms with van der Waals surface area (Å²) in [5, 5.41) is 2.59. The lowest BCUT2D eigenvalue weighted by Crippen LogP contribution is -2.38. The zero-order valence-corrected chi connectivity index (χ0v) is 12.8. The van der Waals surface area contributed by atoms with Crippen LogP contribution in [0, 0.1) is 0 Å². The van der Waals surface area contributed by atoms with E-state index in [1.165, 1.54) is 24.6 Å². The average molecular weight is 304 g/mol. The number of amides is 2. The van der Waals surface area contributed by atoms with Gasteiger partial charge < -0.3 is 10.2 Å². The summed E-state index contributed by atoms with van der Waals surface area (Å²) in [4.78, 5) is 27.5. The Bertz CT molecular complexity index is 539. The molecule has 0 aliphatic carbocycles. The molecule has 21 heavy (non-hydrogen) atoms. The van der Waals surface area contributed by atoms with E-state index in [1.807, 2.05) is 29.2 Å². The first-order valence-electron chi connectivity index (χ1n) is 7.58. The van der Waals surface area contributed by atoms with Crippen molar-refractivity contribution < 1.29 is 9.59 Å². The summed E-state index contributed by atoms with van der Waals surface area (Å²) >= 11 is 1.50. The highest BCUT2D eigenvalue weighted by Gasteiger charge is 2.30. The summed E-state index contributed by atoms with van der Waals surface area (Å²) in [5.41, 5.74) is 0.853. The molecule has 2 heterocycles. The van der Waals surface area contributed by atoms with Gasteiger partial charge >= 0.3 is 0 Å². The predicted molar refractivity (Wildman–Crippen MR) is 84.4 cm³/mol. The highest BCUT2D eigenvalue weighted by atomic mass is 32.2. The van der Waals surface area contributed by atoms with Gasteiger partial charge in [0.1, 0.15) is 0 Å². The molecule has 1 fully saturated rings. The fraction of sp³-hybridized carbons (Fsp3) is 0.500. The minimum Gasteiger partial charge on any atom is -0.343 e. The molecule has 0 saturated carbocycles. The molecule has 2 amide bonds. The standard InChI is InChI=1S/C16H20N2O2S/c19-15(18-9-5-1-2-6-10-18)11-14-16(20)17-12-7-3-4-8-13(12)21-14/h3-4,7-8,14H,1-2,5-6,9-11H2,(H,17,20)/t14-/m0/s1. The Labute approximate surface area is 129 Å². The Hall–Kier alpha value is -1.49. The van der Waals surface area contributed by atoms with Gasteiger partial charge in [0.05, 0.1) is 10.9 Å². The summed E-state index contributed by atoms with van der Waals surface area (Å²) in [5.74, 6) is 0.0609. The summed E-state index contributed by atoms with van der Waals surface area (Å²) in [6.07, 6.45) is 4.87. The van der Waals surface area contributed by atoms with E-state index in [4.69, 9.17) is 0 Å². The quantitative estimate of drug-likeness (QED) is 0.914. The molecular weight excluding hydrogens is 284 g/mol. The van der Waals surface area contributed by atoms with E-state index in [9.17, 15) is 9.59 Å². The van der Waals surface area contributed by atoms with Crippen LogP contribution in [0.15, 0.2) is 29.2 Å². The number of benzene rings is 1. The maximum Gasteiger partial charge on any atom is 0.238 e. The van der Waals surface area contributed by atoms with Crippen LogP contribution in [0.25, 0.3) is 0 Å². The van der Waals surface area contributed by atoms with Gasteiger partial charge in [0.15, 0.2) is 0 Å². The van der Waals surface area contributed by atoms with Gasteiger partial charge in [0, 0.05) is 24.4 Å². The second-order valence-electron chi connectivity index (χ2n) is 5.59. The molecule has 0 bridgehead atoms. The Balaban J connectivity index is 1.65. The van der Waals surface area contributed by atoms with E-state index in [0.717, 1.165) is 36.5 Å². The summed E-state index contributed by atoms with van der Waals surface area (Å²) in [6, 6.07) is 7.75. The topological polar surface area (TPSA) is 49.4 Å². The second kappa shape index (κ2) is 6.52. The third-order valence-corrected chi connectivity index (χ3v) is 5.30. The molecule has 2 aliphatic rings. The molecule has 0 spiro atoms. The van der Waals surface area contributed by atoms with Crippen LogP contribution in [0.2, 0.25) is 0 Å². The number of carbonyl (C=O) groups excluding carboxylic acids is 2. The number of likely N-dealkylation sites (tertiary alicyclic amines) is 1. The monoisotopic (exact) mass is 304 g/mol. The van der Waals surface area contributed by atoms with E-state index in [2.05, 4.69) is 5.32 Å². The van der Waals surface area contributed by atoms with Gasteiger partial charge in [-0.15, -0.1) is 11.8 Å². The van der Waals surface area contributed by atoms with Crippen LogP contribution >= 0.6 is 11.8 Å². The van der Waals surface area contributed by atoms with E-state index in [0.29, 0.717) is 6.42 Å². The van der Waals surface area contributed by atoms with E-state index >= 15 is 0 Å². The summed E-state index contributed by atoms with van der Waals surface area (Å²) in [7, 11) is 0. The minimum absolute atomic E-state index is 0.0538. The number of rotatable bonds is 2. The van der Waals surface area contributed by atoms with Crippen LogP contribution < -0.4 is 5.32 Å². The first kappa shape index (κ1) is 14.4. The molecule has 1 saturated heterocycles. The lowest BCUT2D eigenvalue weighted by atomic mass is 10.2. The number of nitrogens with zero attached hydrogens (tertiary/aromatic N) is 1. The van der Waals surface area contributed by atoms with Crippen LogP contribution in [-0.4, -0.2) is 35.1 Å². The molecule has 5 heteroatoms. The number of anilines is 1. The predicted octanol–water partition coefficient (Wildman–Crippen LogP) is 2.89. The zero-order valence-electron chi connectivity index (χ0n) is 12.0. The van der Waals surface area contributed by atoms with Crippen molar-refractivity contribution >= 4 is 29.3 Å². The third-order valence-electron chi connectivity index (χ3n) is 4.03. The number of nitrogens with one attached hydrogen (secondary N) is 1. The molecule has 1 aromatic rings. The molecule has 0 aromatic heterocycles. The van der Waals surface area contributed by atoms with Crippen molar-refractivity contribution in [2.45, 2.75) is 42.2 Å². The lowest BCUT2D eigenvalue weighted by molar-refractivity contribution is -0.132. The van der Waals surface area contributed by atoms with Gasteiger partial charge in [-0.25, -0.2) is 0 Å². The Morgan fingerprint density at radius 2 is 1.90 bits per heavy atom. The molecule has 1 atom stereocenters. The first-order chi connectivity index (χ1) is 10.2. The normalized spacial score (nSPS) is 22.2. The average Bonchev–Trinajstić information content (AvgIpc) is 2.77. The molecule has 2 aliphatic heterocycles. The fourth-order valence-corrected chi connectivity index (χ4v) is 3.94. The van der Waals surface area contributed by atoms with E-state index in [-0.39, 0.29) is 17.1 Å². The molecular formula is C16H20N2O2S. The second-order valence-corrected chi connectivity index (χ2v) is 6.84. The van der Waals surface area contributed by atoms with Crippen LogP contribution in [0.1, 0.15) is 32.1 Å². The molecule has 0 radical (unpaired) electrons. The Morgan fingerprint density at radius 3 is 2.67 bits per heavy atom. The van der Waals surface area contributed by atoms with Crippen molar-refractivity contribution in [3.63, 3.8) is 0 Å². The minimum atomic E-state index is -0.310. The molecule has 3 rings (SSSR count). The summed E-state index contributed by atoms with van der Waals surface area (Å²) in [6.45, 7) is 1.68. The van der Waals surface area contributed by atoms with Gasteiger partial charge in [-0.1, -0.05) is 25.0 Å². The maximum absolute atomic E-state index is 12.4. The van der Waals surface area contributed by atoms with E-state index in [1.54, 1.807) is 0 Å². The van der Waals surface area contributed by atoms with Crippen LogP contribution in [0.4, 0.5) is 5.69 Å². The van der Waals surface area contributed by atoms with Crippen LogP contribution in [-0.2, 0) is 9.59 Å². The molecule has 1 aromatic carbocycles.